The van der Waals surface area contributed by atoms with Gasteiger partial charge in [0.05, 0.1) is 0 Å². The number of benzene rings is 1. The fourth-order valence-corrected chi connectivity index (χ4v) is 2.30. The molecule has 1 saturated heterocycles. The first-order valence-electron chi connectivity index (χ1n) is 6.32. The SMILES string of the molecule is C/C=C/c1ccc(CN2CCCCC2)cc1. The third-order valence-corrected chi connectivity index (χ3v) is 3.19. The summed E-state index contributed by atoms with van der Waals surface area (Å²) in [5.74, 6) is 0. The molecule has 0 spiro atoms. The summed E-state index contributed by atoms with van der Waals surface area (Å²) in [5.41, 5.74) is 2.74. The number of piperidine rings is 1. The third-order valence-electron chi connectivity index (χ3n) is 3.19. The largest absolute Gasteiger partial charge is 0.299 e. The summed E-state index contributed by atoms with van der Waals surface area (Å²) in [6.45, 7) is 5.73. The van der Waals surface area contributed by atoms with E-state index in [4.69, 9.17) is 0 Å². The van der Waals surface area contributed by atoms with Crippen LogP contribution in [0.2, 0.25) is 0 Å². The molecule has 0 N–H and O–H groups in total. The van der Waals surface area contributed by atoms with E-state index in [1.165, 1.54) is 43.5 Å². The Morgan fingerprint density at radius 3 is 2.38 bits per heavy atom. The minimum atomic E-state index is 1.12. The number of hydrogen-bond acceptors (Lipinski definition) is 1. The van der Waals surface area contributed by atoms with E-state index in [-0.39, 0.29) is 0 Å². The monoisotopic (exact) mass is 215 g/mol. The Labute approximate surface area is 98.8 Å². The molecule has 0 unspecified atom stereocenters. The van der Waals surface area contributed by atoms with Gasteiger partial charge in [-0.2, -0.15) is 0 Å². The Morgan fingerprint density at radius 1 is 1.06 bits per heavy atom. The van der Waals surface area contributed by atoms with E-state index in [1.807, 2.05) is 0 Å². The van der Waals surface area contributed by atoms with Gasteiger partial charge in [0.15, 0.2) is 0 Å². The predicted octanol–water partition coefficient (Wildman–Crippen LogP) is 3.71. The quantitative estimate of drug-likeness (QED) is 0.743. The lowest BCUT2D eigenvalue weighted by atomic mass is 10.1. The molecule has 0 saturated carbocycles. The van der Waals surface area contributed by atoms with E-state index in [0.717, 1.165) is 6.54 Å². The van der Waals surface area contributed by atoms with Crippen molar-refractivity contribution >= 4 is 6.08 Å². The molecule has 1 aromatic rings. The molecule has 1 nitrogen and oxygen atoms in total. The summed E-state index contributed by atoms with van der Waals surface area (Å²) in [5, 5.41) is 0. The second-order valence-corrected chi connectivity index (χ2v) is 4.58. The number of hydrogen-bond donors (Lipinski definition) is 0. The summed E-state index contributed by atoms with van der Waals surface area (Å²) in [4.78, 5) is 2.56. The molecule has 0 amide bonds. The first-order valence-corrected chi connectivity index (χ1v) is 6.32. The molecule has 1 aromatic carbocycles. The van der Waals surface area contributed by atoms with Crippen molar-refractivity contribution < 1.29 is 0 Å². The van der Waals surface area contributed by atoms with E-state index < -0.39 is 0 Å². The first-order chi connectivity index (χ1) is 7.88. The van der Waals surface area contributed by atoms with E-state index in [2.05, 4.69) is 48.2 Å². The van der Waals surface area contributed by atoms with Gasteiger partial charge in [0.2, 0.25) is 0 Å². The van der Waals surface area contributed by atoms with Crippen LogP contribution in [0.4, 0.5) is 0 Å². The van der Waals surface area contributed by atoms with Gasteiger partial charge in [0.25, 0.3) is 0 Å². The highest BCUT2D eigenvalue weighted by Crippen LogP contribution is 2.13. The molecule has 0 bridgehead atoms. The molecule has 86 valence electrons. The Hall–Kier alpha value is -1.08. The van der Waals surface area contributed by atoms with Crippen LogP contribution >= 0.6 is 0 Å². The van der Waals surface area contributed by atoms with Crippen molar-refractivity contribution in [1.29, 1.82) is 0 Å². The van der Waals surface area contributed by atoms with Crippen molar-refractivity contribution in [3.63, 3.8) is 0 Å². The van der Waals surface area contributed by atoms with E-state index in [1.54, 1.807) is 0 Å². The summed E-state index contributed by atoms with van der Waals surface area (Å²) in [6, 6.07) is 8.92. The number of rotatable bonds is 3. The maximum absolute atomic E-state index is 2.56. The Bertz CT molecular complexity index is 331. The normalized spacial score (nSPS) is 18.1. The van der Waals surface area contributed by atoms with E-state index >= 15 is 0 Å². The lowest BCUT2D eigenvalue weighted by Gasteiger charge is -2.26. The second-order valence-electron chi connectivity index (χ2n) is 4.58. The molecule has 2 rings (SSSR count). The van der Waals surface area contributed by atoms with E-state index in [9.17, 15) is 0 Å². The fourth-order valence-electron chi connectivity index (χ4n) is 2.30. The predicted molar refractivity (Wildman–Crippen MR) is 70.3 cm³/mol. The van der Waals surface area contributed by atoms with Gasteiger partial charge >= 0.3 is 0 Å². The average Bonchev–Trinajstić information content (AvgIpc) is 2.33. The molecule has 0 aromatic heterocycles. The van der Waals surface area contributed by atoms with Crippen molar-refractivity contribution in [3.05, 3.63) is 41.5 Å². The Kier molecular flexibility index (Phi) is 4.17. The van der Waals surface area contributed by atoms with Gasteiger partial charge in [0.1, 0.15) is 0 Å². The molecular weight excluding hydrogens is 194 g/mol. The van der Waals surface area contributed by atoms with Crippen LogP contribution in [0.1, 0.15) is 37.3 Å². The summed E-state index contributed by atoms with van der Waals surface area (Å²) >= 11 is 0. The number of likely N-dealkylation sites (tertiary alicyclic amines) is 1. The third kappa shape index (κ3) is 3.21. The maximum Gasteiger partial charge on any atom is 0.0233 e. The number of nitrogens with zero attached hydrogens (tertiary/aromatic N) is 1. The van der Waals surface area contributed by atoms with Crippen molar-refractivity contribution in [2.75, 3.05) is 13.1 Å². The van der Waals surface area contributed by atoms with Gasteiger partial charge in [-0.15, -0.1) is 0 Å². The standard InChI is InChI=1S/C15H21N/c1-2-6-14-7-9-15(10-8-14)13-16-11-4-3-5-12-16/h2,6-10H,3-5,11-13H2,1H3/b6-2+. The molecule has 1 aliphatic heterocycles. The summed E-state index contributed by atoms with van der Waals surface area (Å²) < 4.78 is 0. The first kappa shape index (κ1) is 11.4. The minimum absolute atomic E-state index is 1.12. The molecule has 1 heterocycles. The lowest BCUT2D eigenvalue weighted by molar-refractivity contribution is 0.221. The van der Waals surface area contributed by atoms with Crippen molar-refractivity contribution in [2.45, 2.75) is 32.7 Å². The molecule has 0 radical (unpaired) electrons. The molecule has 0 atom stereocenters. The van der Waals surface area contributed by atoms with Crippen LogP contribution in [-0.2, 0) is 6.54 Å². The fraction of sp³-hybridized carbons (Fsp3) is 0.467. The topological polar surface area (TPSA) is 3.24 Å². The molecule has 0 aliphatic carbocycles. The van der Waals surface area contributed by atoms with Crippen molar-refractivity contribution in [3.8, 4) is 0 Å². The van der Waals surface area contributed by atoms with Crippen LogP contribution in [-0.4, -0.2) is 18.0 Å². The highest BCUT2D eigenvalue weighted by atomic mass is 15.1. The average molecular weight is 215 g/mol. The van der Waals surface area contributed by atoms with Crippen LogP contribution in [0.15, 0.2) is 30.3 Å². The molecule has 1 fully saturated rings. The molecule has 1 heteroatoms. The van der Waals surface area contributed by atoms with Gasteiger partial charge in [-0.25, -0.2) is 0 Å². The van der Waals surface area contributed by atoms with Gasteiger partial charge in [0, 0.05) is 6.54 Å². The highest BCUT2D eigenvalue weighted by molar-refractivity contribution is 5.49. The van der Waals surface area contributed by atoms with Gasteiger partial charge < -0.3 is 0 Å². The van der Waals surface area contributed by atoms with E-state index in [0.29, 0.717) is 0 Å². The maximum atomic E-state index is 2.56. The molecular formula is C15H21N. The van der Waals surface area contributed by atoms with Crippen LogP contribution in [0.25, 0.3) is 6.08 Å². The summed E-state index contributed by atoms with van der Waals surface area (Å²) in [7, 11) is 0. The minimum Gasteiger partial charge on any atom is -0.299 e. The highest BCUT2D eigenvalue weighted by Gasteiger charge is 2.09. The van der Waals surface area contributed by atoms with Crippen molar-refractivity contribution in [1.82, 2.24) is 4.90 Å². The zero-order valence-electron chi connectivity index (χ0n) is 10.2. The number of allylic oxidation sites excluding steroid dienone is 1. The smallest absolute Gasteiger partial charge is 0.0233 e. The lowest BCUT2D eigenvalue weighted by Crippen LogP contribution is -2.28. The Morgan fingerprint density at radius 2 is 1.75 bits per heavy atom. The van der Waals surface area contributed by atoms with Gasteiger partial charge in [-0.1, -0.05) is 42.8 Å². The van der Waals surface area contributed by atoms with Crippen molar-refractivity contribution in [2.24, 2.45) is 0 Å². The van der Waals surface area contributed by atoms with Gasteiger partial charge in [-0.3, -0.25) is 4.90 Å². The molecule has 16 heavy (non-hydrogen) atoms. The Balaban J connectivity index is 1.93. The van der Waals surface area contributed by atoms with Gasteiger partial charge in [-0.05, 0) is 44.0 Å². The van der Waals surface area contributed by atoms with Crippen LogP contribution < -0.4 is 0 Å². The summed E-state index contributed by atoms with van der Waals surface area (Å²) in [6.07, 6.45) is 8.38. The second kappa shape index (κ2) is 5.86. The van der Waals surface area contributed by atoms with Crippen LogP contribution in [0.3, 0.4) is 0 Å². The van der Waals surface area contributed by atoms with Crippen LogP contribution in [0.5, 0.6) is 0 Å². The zero-order chi connectivity index (χ0) is 11.2. The molecule has 1 aliphatic rings. The zero-order valence-corrected chi connectivity index (χ0v) is 10.2. The van der Waals surface area contributed by atoms with Crippen LogP contribution in [0, 0.1) is 0 Å².